The third-order valence-corrected chi connectivity index (χ3v) is 11.2. The van der Waals surface area contributed by atoms with Gasteiger partial charge in [0.05, 0.1) is 17.9 Å². The summed E-state index contributed by atoms with van der Waals surface area (Å²) in [7, 11) is 1.92. The number of hydrogen-bond donors (Lipinski definition) is 2. The summed E-state index contributed by atoms with van der Waals surface area (Å²) < 4.78 is 5.21. The second-order valence-electron chi connectivity index (χ2n) is 12.5. The van der Waals surface area contributed by atoms with Crippen molar-refractivity contribution in [1.82, 2.24) is 4.90 Å². The lowest BCUT2D eigenvalue weighted by atomic mass is 9.43. The second-order valence-corrected chi connectivity index (χ2v) is 12.5. The Balaban J connectivity index is 1.38. The molecule has 0 aliphatic heterocycles. The van der Waals surface area contributed by atoms with Crippen LogP contribution < -0.4 is 11.4 Å². The molecule has 9 atom stereocenters. The fourth-order valence-corrected chi connectivity index (χ4v) is 9.16. The number of amides is 1. The maximum atomic E-state index is 12.5. The van der Waals surface area contributed by atoms with E-state index in [9.17, 15) is 14.7 Å². The van der Waals surface area contributed by atoms with E-state index in [-0.39, 0.29) is 34.3 Å². The number of rotatable bonds is 3. The molecule has 34 heavy (non-hydrogen) atoms. The van der Waals surface area contributed by atoms with E-state index in [1.807, 2.05) is 18.0 Å². The minimum absolute atomic E-state index is 0.0405. The molecule has 4 saturated carbocycles. The number of carbonyl (C=O) groups is 1. The van der Waals surface area contributed by atoms with Gasteiger partial charge >= 0.3 is 5.63 Å². The van der Waals surface area contributed by atoms with E-state index >= 15 is 0 Å². The first-order valence-corrected chi connectivity index (χ1v) is 13.3. The summed E-state index contributed by atoms with van der Waals surface area (Å²) in [5.41, 5.74) is 5.96. The van der Waals surface area contributed by atoms with Crippen LogP contribution in [0.5, 0.6) is 0 Å². The predicted octanol–water partition coefficient (Wildman–Crippen LogP) is 4.06. The first kappa shape index (κ1) is 24.1. The van der Waals surface area contributed by atoms with Crippen LogP contribution >= 0.6 is 0 Å². The molecule has 0 bridgehead atoms. The van der Waals surface area contributed by atoms with Gasteiger partial charge in [0.25, 0.3) is 0 Å². The van der Waals surface area contributed by atoms with Crippen LogP contribution in [0.4, 0.5) is 0 Å². The lowest BCUT2D eigenvalue weighted by molar-refractivity contribution is -0.203. The number of fused-ring (bicyclic) bond motifs is 5. The molecule has 4 fully saturated rings. The highest BCUT2D eigenvalue weighted by Crippen LogP contribution is 2.70. The van der Waals surface area contributed by atoms with Crippen molar-refractivity contribution in [3.05, 3.63) is 34.4 Å². The Bertz CT molecular complexity index is 986. The summed E-state index contributed by atoms with van der Waals surface area (Å²) in [4.78, 5) is 25.9. The molecule has 1 heterocycles. The highest BCUT2D eigenvalue weighted by molar-refractivity contribution is 5.81. The zero-order chi connectivity index (χ0) is 24.5. The van der Waals surface area contributed by atoms with Crippen molar-refractivity contribution in [2.24, 2.45) is 34.3 Å². The van der Waals surface area contributed by atoms with Gasteiger partial charge in [0.2, 0.25) is 5.91 Å². The van der Waals surface area contributed by atoms with E-state index in [0.717, 1.165) is 63.4 Å². The third kappa shape index (κ3) is 3.35. The minimum atomic E-state index is -0.677. The van der Waals surface area contributed by atoms with Gasteiger partial charge in [0.15, 0.2) is 0 Å². The first-order valence-electron chi connectivity index (χ1n) is 13.3. The molecular formula is C28H42N2O4. The van der Waals surface area contributed by atoms with Gasteiger partial charge in [-0.1, -0.05) is 13.8 Å². The summed E-state index contributed by atoms with van der Waals surface area (Å²) in [6.45, 7) is 6.53. The van der Waals surface area contributed by atoms with Crippen molar-refractivity contribution in [2.45, 2.75) is 102 Å². The third-order valence-electron chi connectivity index (χ3n) is 11.2. The molecule has 0 spiro atoms. The Labute approximate surface area is 203 Å². The largest absolute Gasteiger partial charge is 0.431 e. The second kappa shape index (κ2) is 8.19. The SMILES string of the molecule is C[C@H](N)C(=O)N(C)[C@H]1CC[C@@]2(C)[C@H](CC[C@@H]3[C@@H]2CC[C@]2(C)[C@@H](c4ccc(=O)oc4)CC[C@]32O)C1. The van der Waals surface area contributed by atoms with E-state index in [2.05, 4.69) is 13.8 Å². The van der Waals surface area contributed by atoms with Crippen LogP contribution in [-0.4, -0.2) is 40.6 Å². The van der Waals surface area contributed by atoms with E-state index in [1.165, 1.54) is 6.07 Å². The van der Waals surface area contributed by atoms with Crippen molar-refractivity contribution >= 4 is 5.91 Å². The molecule has 3 N–H and O–H groups in total. The van der Waals surface area contributed by atoms with Crippen molar-refractivity contribution in [3.63, 3.8) is 0 Å². The van der Waals surface area contributed by atoms with Gasteiger partial charge in [-0.2, -0.15) is 0 Å². The van der Waals surface area contributed by atoms with Crippen molar-refractivity contribution in [2.75, 3.05) is 7.05 Å². The standard InChI is InChI=1S/C28H42N2O4/c1-17(29)25(32)30(4)20-9-12-26(2)19(15-20)6-7-23-22(26)10-13-27(3)21(11-14-28(23,27)33)18-5-8-24(31)34-16-18/h5,8,16-17,19-23,33H,6-7,9-15,29H2,1-4H3/t17-,19+,20-,21+,22-,23+,26-,27+,28-/m0/s1. The van der Waals surface area contributed by atoms with Gasteiger partial charge in [0, 0.05) is 24.6 Å². The van der Waals surface area contributed by atoms with E-state index in [0.29, 0.717) is 17.8 Å². The summed E-state index contributed by atoms with van der Waals surface area (Å²) >= 11 is 0. The number of hydrogen-bond acceptors (Lipinski definition) is 5. The molecule has 6 nitrogen and oxygen atoms in total. The lowest BCUT2D eigenvalue weighted by Crippen LogP contribution is -2.62. The summed E-state index contributed by atoms with van der Waals surface area (Å²) in [5.74, 6) is 1.69. The van der Waals surface area contributed by atoms with Gasteiger partial charge in [-0.25, -0.2) is 4.79 Å². The molecule has 188 valence electrons. The lowest BCUT2D eigenvalue weighted by Gasteiger charge is -2.64. The maximum absolute atomic E-state index is 12.5. The zero-order valence-electron chi connectivity index (χ0n) is 21.3. The van der Waals surface area contributed by atoms with Gasteiger partial charge in [-0.05, 0) is 105 Å². The van der Waals surface area contributed by atoms with Crippen LogP contribution in [0, 0.1) is 28.6 Å². The molecule has 4 aliphatic carbocycles. The van der Waals surface area contributed by atoms with E-state index in [4.69, 9.17) is 10.2 Å². The Morgan fingerprint density at radius 3 is 2.56 bits per heavy atom. The zero-order valence-corrected chi connectivity index (χ0v) is 21.3. The molecule has 1 aromatic heterocycles. The quantitative estimate of drug-likeness (QED) is 0.695. The molecule has 1 aromatic rings. The van der Waals surface area contributed by atoms with Crippen LogP contribution in [0.3, 0.4) is 0 Å². The number of aliphatic hydroxyl groups is 1. The minimum Gasteiger partial charge on any atom is -0.431 e. The number of likely N-dealkylation sites (N-methyl/N-ethyl adjacent to an activating group) is 1. The van der Waals surface area contributed by atoms with Crippen LogP contribution in [0.1, 0.15) is 90.0 Å². The summed E-state index contributed by atoms with van der Waals surface area (Å²) in [5, 5.41) is 12.4. The average Bonchev–Trinajstić information content (AvgIpc) is 3.09. The van der Waals surface area contributed by atoms with Crippen LogP contribution in [-0.2, 0) is 4.79 Å². The number of nitrogens with two attached hydrogens (primary N) is 1. The van der Waals surface area contributed by atoms with Crippen LogP contribution in [0.2, 0.25) is 0 Å². The van der Waals surface area contributed by atoms with Crippen LogP contribution in [0.15, 0.2) is 27.6 Å². The van der Waals surface area contributed by atoms with Crippen molar-refractivity contribution < 1.29 is 14.3 Å². The average molecular weight is 471 g/mol. The molecule has 0 radical (unpaired) electrons. The molecule has 6 heteroatoms. The first-order chi connectivity index (χ1) is 16.0. The van der Waals surface area contributed by atoms with Crippen molar-refractivity contribution in [3.8, 4) is 0 Å². The molecule has 0 aromatic carbocycles. The van der Waals surface area contributed by atoms with Gasteiger partial charge in [-0.3, -0.25) is 4.79 Å². The van der Waals surface area contributed by atoms with Crippen LogP contribution in [0.25, 0.3) is 0 Å². The fourth-order valence-electron chi connectivity index (χ4n) is 9.16. The highest BCUT2D eigenvalue weighted by Gasteiger charge is 2.67. The predicted molar refractivity (Wildman–Crippen MR) is 131 cm³/mol. The maximum Gasteiger partial charge on any atom is 0.335 e. The fraction of sp³-hybridized carbons (Fsp3) is 0.786. The Morgan fingerprint density at radius 1 is 1.12 bits per heavy atom. The van der Waals surface area contributed by atoms with Gasteiger partial charge < -0.3 is 20.2 Å². The number of nitrogens with zero attached hydrogens (tertiary/aromatic N) is 1. The monoisotopic (exact) mass is 470 g/mol. The molecule has 5 rings (SSSR count). The summed E-state index contributed by atoms with van der Waals surface area (Å²) in [6.07, 6.45) is 10.9. The van der Waals surface area contributed by atoms with Gasteiger partial charge in [-0.15, -0.1) is 0 Å². The Kier molecular flexibility index (Phi) is 5.80. The summed E-state index contributed by atoms with van der Waals surface area (Å²) in [6, 6.07) is 3.24. The molecule has 4 aliphatic rings. The van der Waals surface area contributed by atoms with E-state index < -0.39 is 11.6 Å². The smallest absolute Gasteiger partial charge is 0.335 e. The molecule has 0 unspecified atom stereocenters. The number of carbonyl (C=O) groups excluding carboxylic acids is 1. The topological polar surface area (TPSA) is 96.8 Å². The molecular weight excluding hydrogens is 428 g/mol. The molecule has 0 saturated heterocycles. The highest BCUT2D eigenvalue weighted by atomic mass is 16.4. The van der Waals surface area contributed by atoms with E-state index in [1.54, 1.807) is 13.2 Å². The van der Waals surface area contributed by atoms with Crippen molar-refractivity contribution in [1.29, 1.82) is 0 Å². The molecule has 1 amide bonds. The van der Waals surface area contributed by atoms with Gasteiger partial charge in [0.1, 0.15) is 0 Å². The normalized spacial score (nSPS) is 44.5. The Morgan fingerprint density at radius 2 is 1.88 bits per heavy atom. The Hall–Kier alpha value is -1.66.